The third-order valence-electron chi connectivity index (χ3n) is 4.03. The molecule has 2 amide bonds. The summed E-state index contributed by atoms with van der Waals surface area (Å²) in [5.41, 5.74) is 0.677. The van der Waals surface area contributed by atoms with Crippen LogP contribution in [0.4, 0.5) is 5.69 Å². The molecule has 2 rings (SSSR count). The third-order valence-corrected chi connectivity index (χ3v) is 4.03. The van der Waals surface area contributed by atoms with Gasteiger partial charge in [-0.05, 0) is 19.1 Å². The zero-order valence-electron chi connectivity index (χ0n) is 15.2. The van der Waals surface area contributed by atoms with E-state index in [1.807, 2.05) is 0 Å². The predicted octanol–water partition coefficient (Wildman–Crippen LogP) is 1.27. The van der Waals surface area contributed by atoms with Crippen molar-refractivity contribution in [3.05, 3.63) is 18.2 Å². The lowest BCUT2D eigenvalue weighted by molar-refractivity contribution is -0.144. The highest BCUT2D eigenvalue weighted by atomic mass is 16.5. The normalized spacial score (nSPS) is 16.3. The molecule has 0 aromatic heterocycles. The minimum atomic E-state index is -0.405. The first-order chi connectivity index (χ1) is 12.5. The van der Waals surface area contributed by atoms with Gasteiger partial charge in [0.25, 0.3) is 0 Å². The van der Waals surface area contributed by atoms with Crippen LogP contribution in [-0.4, -0.2) is 51.2 Å². The van der Waals surface area contributed by atoms with E-state index in [1.54, 1.807) is 37.1 Å². The van der Waals surface area contributed by atoms with Crippen LogP contribution in [-0.2, 0) is 19.1 Å². The summed E-state index contributed by atoms with van der Waals surface area (Å²) in [4.78, 5) is 37.2. The van der Waals surface area contributed by atoms with E-state index in [1.165, 1.54) is 7.11 Å². The van der Waals surface area contributed by atoms with Crippen LogP contribution < -0.4 is 19.7 Å². The number of rotatable bonds is 8. The molecule has 1 N–H and O–H groups in total. The van der Waals surface area contributed by atoms with Crippen molar-refractivity contribution in [1.29, 1.82) is 0 Å². The second kappa shape index (κ2) is 9.07. The number of methoxy groups -OCH3 is 2. The molecule has 1 unspecified atom stereocenters. The van der Waals surface area contributed by atoms with Crippen molar-refractivity contribution < 1.29 is 28.6 Å². The molecular formula is C18H24N2O6. The molecule has 1 saturated heterocycles. The Morgan fingerprint density at radius 1 is 1.19 bits per heavy atom. The number of hydrogen-bond donors (Lipinski definition) is 1. The van der Waals surface area contributed by atoms with Gasteiger partial charge in [-0.25, -0.2) is 0 Å². The lowest BCUT2D eigenvalue weighted by Crippen LogP contribution is -2.37. The van der Waals surface area contributed by atoms with E-state index >= 15 is 0 Å². The molecule has 8 nitrogen and oxygen atoms in total. The average Bonchev–Trinajstić information content (AvgIpc) is 2.99. The first-order valence-corrected chi connectivity index (χ1v) is 8.45. The molecule has 1 fully saturated rings. The molecule has 1 aliphatic heterocycles. The average molecular weight is 364 g/mol. The Morgan fingerprint density at radius 3 is 2.58 bits per heavy atom. The highest BCUT2D eigenvalue weighted by molar-refractivity contribution is 5.97. The highest BCUT2D eigenvalue weighted by Crippen LogP contribution is 2.33. The van der Waals surface area contributed by atoms with Crippen LogP contribution in [0.2, 0.25) is 0 Å². The molecule has 1 aliphatic rings. The number of carbonyl (C=O) groups is 3. The number of ether oxygens (including phenoxy) is 3. The van der Waals surface area contributed by atoms with E-state index in [-0.39, 0.29) is 43.7 Å². The van der Waals surface area contributed by atoms with Gasteiger partial charge in [0.2, 0.25) is 11.8 Å². The fourth-order valence-corrected chi connectivity index (χ4v) is 2.80. The summed E-state index contributed by atoms with van der Waals surface area (Å²) in [6, 6.07) is 4.92. The Bertz CT molecular complexity index is 676. The van der Waals surface area contributed by atoms with Crippen molar-refractivity contribution in [1.82, 2.24) is 5.32 Å². The topological polar surface area (TPSA) is 94.2 Å². The van der Waals surface area contributed by atoms with Crippen molar-refractivity contribution in [3.8, 4) is 11.5 Å². The standard InChI is InChI=1S/C18H24N2O6/c1-4-26-18(23)8-7-16(21)19-12-9-17(22)20(11-12)13-5-6-14(24-2)15(10-13)25-3/h5-6,10,12H,4,7-9,11H2,1-3H3,(H,19,21). The van der Waals surface area contributed by atoms with E-state index in [0.717, 1.165) is 0 Å². The molecule has 0 aliphatic carbocycles. The maximum atomic E-state index is 12.3. The quantitative estimate of drug-likeness (QED) is 0.698. The van der Waals surface area contributed by atoms with Crippen molar-refractivity contribution in [2.45, 2.75) is 32.2 Å². The fraction of sp³-hybridized carbons (Fsp3) is 0.500. The zero-order chi connectivity index (χ0) is 19.1. The molecule has 1 aromatic rings. The summed E-state index contributed by atoms with van der Waals surface area (Å²) in [6.07, 6.45) is 0.277. The summed E-state index contributed by atoms with van der Waals surface area (Å²) in [7, 11) is 3.07. The van der Waals surface area contributed by atoms with E-state index in [4.69, 9.17) is 14.2 Å². The SMILES string of the molecule is CCOC(=O)CCC(=O)NC1CC(=O)N(c2ccc(OC)c(OC)c2)C1. The summed E-state index contributed by atoms with van der Waals surface area (Å²) in [5, 5.41) is 2.79. The van der Waals surface area contributed by atoms with E-state index < -0.39 is 5.97 Å². The van der Waals surface area contributed by atoms with Crippen molar-refractivity contribution in [2.24, 2.45) is 0 Å². The van der Waals surface area contributed by atoms with Crippen molar-refractivity contribution in [2.75, 3.05) is 32.3 Å². The molecule has 1 heterocycles. The van der Waals surface area contributed by atoms with Gasteiger partial charge in [-0.2, -0.15) is 0 Å². The zero-order valence-corrected chi connectivity index (χ0v) is 15.2. The third kappa shape index (κ3) is 4.87. The number of hydrogen-bond acceptors (Lipinski definition) is 6. The van der Waals surface area contributed by atoms with E-state index in [2.05, 4.69) is 5.32 Å². The lowest BCUT2D eigenvalue weighted by atomic mass is 10.2. The second-order valence-electron chi connectivity index (χ2n) is 5.82. The van der Waals surface area contributed by atoms with Crippen LogP contribution >= 0.6 is 0 Å². The predicted molar refractivity (Wildman–Crippen MR) is 94.3 cm³/mol. The molecule has 26 heavy (non-hydrogen) atoms. The molecule has 0 radical (unpaired) electrons. The molecule has 1 aromatic carbocycles. The molecule has 0 bridgehead atoms. The Balaban J connectivity index is 1.94. The van der Waals surface area contributed by atoms with Gasteiger partial charge < -0.3 is 24.4 Å². The van der Waals surface area contributed by atoms with E-state index in [9.17, 15) is 14.4 Å². The van der Waals surface area contributed by atoms with Gasteiger partial charge in [0.1, 0.15) is 0 Å². The Labute approximate surface area is 152 Å². The number of nitrogens with one attached hydrogen (secondary N) is 1. The van der Waals surface area contributed by atoms with Gasteiger partial charge in [0.15, 0.2) is 11.5 Å². The summed E-state index contributed by atoms with van der Waals surface area (Å²) in [5.74, 6) is 0.335. The van der Waals surface area contributed by atoms with Gasteiger partial charge in [0, 0.05) is 31.1 Å². The number of anilines is 1. The summed E-state index contributed by atoms with van der Waals surface area (Å²) >= 11 is 0. The smallest absolute Gasteiger partial charge is 0.306 e. The summed E-state index contributed by atoms with van der Waals surface area (Å²) in [6.45, 7) is 2.36. The largest absolute Gasteiger partial charge is 0.493 e. The van der Waals surface area contributed by atoms with Crippen LogP contribution in [0.1, 0.15) is 26.2 Å². The molecule has 142 valence electrons. The van der Waals surface area contributed by atoms with Gasteiger partial charge in [-0.15, -0.1) is 0 Å². The van der Waals surface area contributed by atoms with Gasteiger partial charge in [0.05, 0.1) is 33.3 Å². The maximum absolute atomic E-state index is 12.3. The van der Waals surface area contributed by atoms with Crippen LogP contribution in [0.15, 0.2) is 18.2 Å². The van der Waals surface area contributed by atoms with Gasteiger partial charge in [-0.1, -0.05) is 0 Å². The highest BCUT2D eigenvalue weighted by Gasteiger charge is 2.32. The van der Waals surface area contributed by atoms with Crippen LogP contribution in [0, 0.1) is 0 Å². The van der Waals surface area contributed by atoms with Crippen LogP contribution in [0.3, 0.4) is 0 Å². The Morgan fingerprint density at radius 2 is 1.92 bits per heavy atom. The Hall–Kier alpha value is -2.77. The first kappa shape index (κ1) is 19.6. The lowest BCUT2D eigenvalue weighted by Gasteiger charge is -2.19. The number of carbonyl (C=O) groups excluding carboxylic acids is 3. The molecule has 8 heteroatoms. The van der Waals surface area contributed by atoms with Crippen LogP contribution in [0.5, 0.6) is 11.5 Å². The Kier molecular flexibility index (Phi) is 6.82. The van der Waals surface area contributed by atoms with Crippen molar-refractivity contribution in [3.63, 3.8) is 0 Å². The number of amides is 2. The van der Waals surface area contributed by atoms with Gasteiger partial charge in [-0.3, -0.25) is 14.4 Å². The molecule has 0 spiro atoms. The second-order valence-corrected chi connectivity index (χ2v) is 5.82. The monoisotopic (exact) mass is 364 g/mol. The van der Waals surface area contributed by atoms with Gasteiger partial charge >= 0.3 is 5.97 Å². The van der Waals surface area contributed by atoms with E-state index in [0.29, 0.717) is 23.7 Å². The first-order valence-electron chi connectivity index (χ1n) is 8.45. The van der Waals surface area contributed by atoms with Crippen LogP contribution in [0.25, 0.3) is 0 Å². The molecule has 0 saturated carbocycles. The minimum Gasteiger partial charge on any atom is -0.493 e. The summed E-state index contributed by atoms with van der Waals surface area (Å²) < 4.78 is 15.2. The number of benzene rings is 1. The number of nitrogens with zero attached hydrogens (tertiary/aromatic N) is 1. The fourth-order valence-electron chi connectivity index (χ4n) is 2.80. The molecule has 1 atom stereocenters. The van der Waals surface area contributed by atoms with Crippen molar-refractivity contribution >= 4 is 23.5 Å². The maximum Gasteiger partial charge on any atom is 0.306 e. The number of esters is 1. The molecular weight excluding hydrogens is 340 g/mol. The minimum absolute atomic E-state index is 0.0275.